The number of halogens is 1. The summed E-state index contributed by atoms with van der Waals surface area (Å²) in [6, 6.07) is 9.79. The number of aliphatic hydroxyl groups is 1. The number of rotatable bonds is 6. The van der Waals surface area contributed by atoms with Crippen LogP contribution in [-0.2, 0) is 0 Å². The van der Waals surface area contributed by atoms with Crippen LogP contribution < -0.4 is 5.32 Å². The standard InChI is InChI=1S/C18H23FN4O/c19-16-11-21-18(22-12-16)20-10-14-6-8-23(9-7-14)13-17(24)15-4-2-1-3-5-15/h1-5,11-12,14,17,24H,6-10,13H2,(H,20,21,22). The van der Waals surface area contributed by atoms with Crippen LogP contribution in [0.15, 0.2) is 42.7 Å². The van der Waals surface area contributed by atoms with E-state index < -0.39 is 11.9 Å². The fourth-order valence-electron chi connectivity index (χ4n) is 3.04. The number of likely N-dealkylation sites (tertiary alicyclic amines) is 1. The number of aromatic nitrogens is 2. The van der Waals surface area contributed by atoms with Gasteiger partial charge in [-0.1, -0.05) is 30.3 Å². The first-order valence-corrected chi connectivity index (χ1v) is 8.37. The van der Waals surface area contributed by atoms with E-state index in [4.69, 9.17) is 0 Å². The quantitative estimate of drug-likeness (QED) is 0.852. The van der Waals surface area contributed by atoms with Gasteiger partial charge in [0.15, 0.2) is 5.82 Å². The van der Waals surface area contributed by atoms with E-state index in [-0.39, 0.29) is 0 Å². The number of nitrogens with zero attached hydrogens (tertiary/aromatic N) is 3. The van der Waals surface area contributed by atoms with Crippen LogP contribution >= 0.6 is 0 Å². The molecule has 0 amide bonds. The lowest BCUT2D eigenvalue weighted by molar-refractivity contribution is 0.0909. The largest absolute Gasteiger partial charge is 0.387 e. The van der Waals surface area contributed by atoms with E-state index in [2.05, 4.69) is 20.2 Å². The number of benzene rings is 1. The molecular formula is C18H23FN4O. The average Bonchev–Trinajstić information content (AvgIpc) is 2.63. The smallest absolute Gasteiger partial charge is 0.222 e. The molecule has 1 aromatic carbocycles. The van der Waals surface area contributed by atoms with E-state index in [9.17, 15) is 9.50 Å². The molecule has 0 radical (unpaired) electrons. The number of hydrogen-bond donors (Lipinski definition) is 2. The predicted octanol–water partition coefficient (Wildman–Crippen LogP) is 2.47. The lowest BCUT2D eigenvalue weighted by Gasteiger charge is -2.33. The van der Waals surface area contributed by atoms with Crippen LogP contribution in [0, 0.1) is 11.7 Å². The maximum Gasteiger partial charge on any atom is 0.222 e. The van der Waals surface area contributed by atoms with Crippen molar-refractivity contribution < 1.29 is 9.50 Å². The van der Waals surface area contributed by atoms with Crippen molar-refractivity contribution in [2.75, 3.05) is 31.5 Å². The van der Waals surface area contributed by atoms with Gasteiger partial charge in [-0.05, 0) is 37.4 Å². The lowest BCUT2D eigenvalue weighted by atomic mass is 9.96. The zero-order valence-electron chi connectivity index (χ0n) is 13.6. The van der Waals surface area contributed by atoms with Gasteiger partial charge in [0.25, 0.3) is 0 Å². The number of piperidine rings is 1. The zero-order valence-corrected chi connectivity index (χ0v) is 13.6. The number of aliphatic hydroxyl groups excluding tert-OH is 1. The van der Waals surface area contributed by atoms with Gasteiger partial charge in [-0.2, -0.15) is 0 Å². The third-order valence-electron chi connectivity index (χ3n) is 4.49. The number of anilines is 1. The molecule has 1 atom stereocenters. The van der Waals surface area contributed by atoms with Crippen molar-refractivity contribution in [2.24, 2.45) is 5.92 Å². The molecule has 3 rings (SSSR count). The first-order chi connectivity index (χ1) is 11.7. The Bertz CT molecular complexity index is 615. The molecule has 1 unspecified atom stereocenters. The zero-order chi connectivity index (χ0) is 16.8. The molecule has 0 saturated carbocycles. The molecule has 2 heterocycles. The van der Waals surface area contributed by atoms with E-state index >= 15 is 0 Å². The van der Waals surface area contributed by atoms with Crippen molar-refractivity contribution >= 4 is 5.95 Å². The minimum Gasteiger partial charge on any atom is -0.387 e. The van der Waals surface area contributed by atoms with Crippen molar-refractivity contribution in [3.63, 3.8) is 0 Å². The van der Waals surface area contributed by atoms with E-state index in [1.807, 2.05) is 30.3 Å². The summed E-state index contributed by atoms with van der Waals surface area (Å²) in [7, 11) is 0. The number of nitrogens with one attached hydrogen (secondary N) is 1. The molecule has 0 spiro atoms. The highest BCUT2D eigenvalue weighted by Crippen LogP contribution is 2.21. The molecule has 0 bridgehead atoms. The Balaban J connectivity index is 1.40. The van der Waals surface area contributed by atoms with Gasteiger partial charge in [-0.25, -0.2) is 14.4 Å². The van der Waals surface area contributed by atoms with Crippen molar-refractivity contribution in [3.05, 3.63) is 54.1 Å². The number of β-amino-alcohol motifs (C(OH)–C–C–N with tert-alkyl or cyclic N) is 1. The summed E-state index contributed by atoms with van der Waals surface area (Å²) < 4.78 is 12.8. The van der Waals surface area contributed by atoms with E-state index in [0.717, 1.165) is 38.0 Å². The van der Waals surface area contributed by atoms with Gasteiger partial charge in [0.05, 0.1) is 18.5 Å². The molecule has 1 saturated heterocycles. The number of hydrogen-bond acceptors (Lipinski definition) is 5. The van der Waals surface area contributed by atoms with Gasteiger partial charge in [0.2, 0.25) is 5.95 Å². The Kier molecular flexibility index (Phi) is 5.72. The van der Waals surface area contributed by atoms with Crippen molar-refractivity contribution in [1.29, 1.82) is 0 Å². The summed E-state index contributed by atoms with van der Waals surface area (Å²) in [6.07, 6.45) is 4.03. The van der Waals surface area contributed by atoms with Gasteiger partial charge < -0.3 is 15.3 Å². The Labute approximate surface area is 141 Å². The molecule has 2 aromatic rings. The first-order valence-electron chi connectivity index (χ1n) is 8.37. The van der Waals surface area contributed by atoms with E-state index in [1.165, 1.54) is 12.4 Å². The molecule has 0 aliphatic carbocycles. The van der Waals surface area contributed by atoms with Crippen LogP contribution in [0.5, 0.6) is 0 Å². The minimum atomic E-state index is -0.437. The predicted molar refractivity (Wildman–Crippen MR) is 91.0 cm³/mol. The highest BCUT2D eigenvalue weighted by molar-refractivity contribution is 5.22. The van der Waals surface area contributed by atoms with Gasteiger partial charge >= 0.3 is 0 Å². The van der Waals surface area contributed by atoms with Crippen molar-refractivity contribution in [3.8, 4) is 0 Å². The van der Waals surface area contributed by atoms with Crippen LogP contribution in [0.2, 0.25) is 0 Å². The minimum absolute atomic E-state index is 0.425. The monoisotopic (exact) mass is 330 g/mol. The second kappa shape index (κ2) is 8.17. The highest BCUT2D eigenvalue weighted by atomic mass is 19.1. The molecule has 1 aromatic heterocycles. The van der Waals surface area contributed by atoms with Gasteiger partial charge in [0.1, 0.15) is 0 Å². The SMILES string of the molecule is OC(CN1CCC(CNc2ncc(F)cn2)CC1)c1ccccc1. The third kappa shape index (κ3) is 4.72. The Morgan fingerprint density at radius 3 is 2.50 bits per heavy atom. The normalized spacial score (nSPS) is 17.6. The summed E-state index contributed by atoms with van der Waals surface area (Å²) in [5.41, 5.74) is 0.967. The molecule has 6 heteroatoms. The van der Waals surface area contributed by atoms with Crippen LogP contribution in [0.1, 0.15) is 24.5 Å². The summed E-state index contributed by atoms with van der Waals surface area (Å²) in [4.78, 5) is 10.1. The summed E-state index contributed by atoms with van der Waals surface area (Å²) >= 11 is 0. The molecular weight excluding hydrogens is 307 g/mol. The molecule has 1 aliphatic heterocycles. The van der Waals surface area contributed by atoms with Crippen LogP contribution in [0.25, 0.3) is 0 Å². The Morgan fingerprint density at radius 1 is 1.17 bits per heavy atom. The fourth-order valence-corrected chi connectivity index (χ4v) is 3.04. The summed E-state index contributed by atoms with van der Waals surface area (Å²) in [5.74, 6) is 0.591. The maximum atomic E-state index is 12.8. The molecule has 1 aliphatic rings. The highest BCUT2D eigenvalue weighted by Gasteiger charge is 2.21. The Morgan fingerprint density at radius 2 is 1.83 bits per heavy atom. The van der Waals surface area contributed by atoms with E-state index in [0.29, 0.717) is 18.4 Å². The molecule has 5 nitrogen and oxygen atoms in total. The topological polar surface area (TPSA) is 61.3 Å². The fraction of sp³-hybridized carbons (Fsp3) is 0.444. The van der Waals surface area contributed by atoms with Gasteiger partial charge in [-0.15, -0.1) is 0 Å². The van der Waals surface area contributed by atoms with E-state index in [1.54, 1.807) is 0 Å². The van der Waals surface area contributed by atoms with Gasteiger partial charge in [-0.3, -0.25) is 0 Å². The first kappa shape index (κ1) is 16.8. The molecule has 1 fully saturated rings. The molecule has 24 heavy (non-hydrogen) atoms. The average molecular weight is 330 g/mol. The maximum absolute atomic E-state index is 12.8. The second-order valence-electron chi connectivity index (χ2n) is 6.28. The Hall–Kier alpha value is -2.05. The summed E-state index contributed by atoms with van der Waals surface area (Å²) in [6.45, 7) is 3.41. The second-order valence-corrected chi connectivity index (χ2v) is 6.28. The van der Waals surface area contributed by atoms with Gasteiger partial charge in [0, 0.05) is 13.1 Å². The lowest BCUT2D eigenvalue weighted by Crippen LogP contribution is -2.38. The van der Waals surface area contributed by atoms with Crippen LogP contribution in [-0.4, -0.2) is 46.2 Å². The molecule has 128 valence electrons. The van der Waals surface area contributed by atoms with Crippen molar-refractivity contribution in [2.45, 2.75) is 18.9 Å². The van der Waals surface area contributed by atoms with Crippen LogP contribution in [0.3, 0.4) is 0 Å². The van der Waals surface area contributed by atoms with Crippen molar-refractivity contribution in [1.82, 2.24) is 14.9 Å². The van der Waals surface area contributed by atoms with Crippen LogP contribution in [0.4, 0.5) is 10.3 Å². The third-order valence-corrected chi connectivity index (χ3v) is 4.49. The summed E-state index contributed by atoms with van der Waals surface area (Å²) in [5, 5.41) is 13.5. The molecule has 2 N–H and O–H groups in total.